The largest absolute Gasteiger partial charge is 0.474 e. The number of ether oxygens (including phenoxy) is 3. The number of nitrogens with two attached hydrogens (primary N) is 1. The third-order valence-corrected chi connectivity index (χ3v) is 6.36. The topological polar surface area (TPSA) is 138 Å². The number of nitrogen functional groups attached to an aromatic ring is 1. The fraction of sp³-hybridized carbons (Fsp3) is 0.393. The Bertz CT molecular complexity index is 1590. The Morgan fingerprint density at radius 1 is 1.12 bits per heavy atom. The Morgan fingerprint density at radius 2 is 1.93 bits per heavy atom. The molecular formula is C28H32FN7O4. The number of hydrogen-bond donors (Lipinski definition) is 2. The van der Waals surface area contributed by atoms with Gasteiger partial charge in [0.1, 0.15) is 33.8 Å². The minimum atomic E-state index is -0.680. The van der Waals surface area contributed by atoms with E-state index in [1.807, 2.05) is 39.8 Å². The van der Waals surface area contributed by atoms with Crippen LogP contribution in [0.2, 0.25) is 0 Å². The van der Waals surface area contributed by atoms with E-state index in [0.717, 1.165) is 5.39 Å². The van der Waals surface area contributed by atoms with Crippen molar-refractivity contribution in [2.45, 2.75) is 45.8 Å². The van der Waals surface area contributed by atoms with Crippen LogP contribution in [0.4, 0.5) is 20.8 Å². The molecule has 1 aliphatic heterocycles. The van der Waals surface area contributed by atoms with Crippen LogP contribution in [-0.2, 0) is 4.74 Å². The molecule has 0 saturated carbocycles. The molecule has 5 rings (SSSR count). The van der Waals surface area contributed by atoms with Crippen molar-refractivity contribution in [1.29, 1.82) is 0 Å². The molecule has 210 valence electrons. The summed E-state index contributed by atoms with van der Waals surface area (Å²) < 4.78 is 33.5. The van der Waals surface area contributed by atoms with Crippen LogP contribution in [0.5, 0.6) is 11.9 Å². The second-order valence-corrected chi connectivity index (χ2v) is 10.6. The summed E-state index contributed by atoms with van der Waals surface area (Å²) >= 11 is 0. The third-order valence-electron chi connectivity index (χ3n) is 6.36. The van der Waals surface area contributed by atoms with E-state index in [2.05, 4.69) is 25.3 Å². The first-order chi connectivity index (χ1) is 19.0. The molecule has 12 heteroatoms. The van der Waals surface area contributed by atoms with Gasteiger partial charge in [0.2, 0.25) is 5.88 Å². The maximum Gasteiger partial charge on any atom is 0.410 e. The number of fused-ring (bicyclic) bond motifs is 1. The average molecular weight is 550 g/mol. The van der Waals surface area contributed by atoms with Gasteiger partial charge in [0.15, 0.2) is 5.82 Å². The van der Waals surface area contributed by atoms with E-state index < -0.39 is 23.6 Å². The lowest BCUT2D eigenvalue weighted by Gasteiger charge is -2.28. The van der Waals surface area contributed by atoms with Gasteiger partial charge in [-0.2, -0.15) is 9.97 Å². The van der Waals surface area contributed by atoms with Crippen LogP contribution in [0.3, 0.4) is 0 Å². The van der Waals surface area contributed by atoms with Crippen molar-refractivity contribution in [3.05, 3.63) is 36.1 Å². The van der Waals surface area contributed by atoms with Gasteiger partial charge in [-0.3, -0.25) is 0 Å². The number of carbonyl (C=O) groups excluding carboxylic acids is 1. The molecule has 1 aromatic carbocycles. The summed E-state index contributed by atoms with van der Waals surface area (Å²) in [5.74, 6) is 0.0411. The molecule has 0 radical (unpaired) electrons. The molecule has 11 nitrogen and oxygen atoms in total. The second kappa shape index (κ2) is 10.6. The van der Waals surface area contributed by atoms with Crippen molar-refractivity contribution in [2.24, 2.45) is 0 Å². The molecule has 0 saturated heterocycles. The molecular weight excluding hydrogens is 517 g/mol. The van der Waals surface area contributed by atoms with E-state index >= 15 is 4.39 Å². The minimum absolute atomic E-state index is 0.00959. The molecule has 4 aromatic rings. The summed E-state index contributed by atoms with van der Waals surface area (Å²) in [6.45, 7) is 8.32. The van der Waals surface area contributed by atoms with E-state index in [4.69, 9.17) is 19.9 Å². The Kier molecular flexibility index (Phi) is 7.17. The molecule has 1 atom stereocenters. The average Bonchev–Trinajstić information content (AvgIpc) is 2.93. The number of aromatic nitrogens is 4. The number of amides is 1. The van der Waals surface area contributed by atoms with Crippen LogP contribution < -0.4 is 20.5 Å². The highest BCUT2D eigenvalue weighted by atomic mass is 19.1. The number of rotatable bonds is 2. The first-order valence-electron chi connectivity index (χ1n) is 13.0. The first kappa shape index (κ1) is 27.1. The van der Waals surface area contributed by atoms with E-state index in [1.165, 1.54) is 7.11 Å². The van der Waals surface area contributed by atoms with Gasteiger partial charge in [-0.15, -0.1) is 0 Å². The highest BCUT2D eigenvalue weighted by Gasteiger charge is 2.27. The highest BCUT2D eigenvalue weighted by Crippen LogP contribution is 2.39. The number of pyridine rings is 2. The quantitative estimate of drug-likeness (QED) is 0.359. The van der Waals surface area contributed by atoms with Gasteiger partial charge in [0, 0.05) is 37.0 Å². The third kappa shape index (κ3) is 5.47. The van der Waals surface area contributed by atoms with Gasteiger partial charge >= 0.3 is 12.1 Å². The maximum absolute atomic E-state index is 16.3. The summed E-state index contributed by atoms with van der Waals surface area (Å²) in [4.78, 5) is 32.3. The van der Waals surface area contributed by atoms with Crippen molar-refractivity contribution in [1.82, 2.24) is 24.8 Å². The van der Waals surface area contributed by atoms with Crippen LogP contribution in [-0.4, -0.2) is 69.4 Å². The molecule has 0 spiro atoms. The van der Waals surface area contributed by atoms with Crippen molar-refractivity contribution < 1.29 is 23.4 Å². The number of halogens is 1. The fourth-order valence-corrected chi connectivity index (χ4v) is 4.47. The SMILES string of the molecule is COc1nc2c3c(nc(-c4cccc5ccc(N)nc45)c(F)c3n1)OC(C)CCN(C(=O)OC(C)(C)C)CCN2. The van der Waals surface area contributed by atoms with Crippen LogP contribution in [0.1, 0.15) is 34.1 Å². The lowest BCUT2D eigenvalue weighted by Crippen LogP contribution is -2.40. The molecule has 40 heavy (non-hydrogen) atoms. The second-order valence-electron chi connectivity index (χ2n) is 10.6. The molecule has 1 amide bonds. The minimum Gasteiger partial charge on any atom is -0.474 e. The predicted molar refractivity (Wildman–Crippen MR) is 150 cm³/mol. The summed E-state index contributed by atoms with van der Waals surface area (Å²) in [7, 11) is 1.40. The normalized spacial score (nSPS) is 16.1. The van der Waals surface area contributed by atoms with Crippen molar-refractivity contribution in [3.63, 3.8) is 0 Å². The Labute approximate surface area is 230 Å². The van der Waals surface area contributed by atoms with Crippen molar-refractivity contribution >= 4 is 39.5 Å². The molecule has 0 bridgehead atoms. The van der Waals surface area contributed by atoms with Gasteiger partial charge in [-0.05, 0) is 39.8 Å². The summed E-state index contributed by atoms with van der Waals surface area (Å²) in [6, 6.07) is 8.85. The zero-order valence-corrected chi connectivity index (χ0v) is 23.1. The van der Waals surface area contributed by atoms with Gasteiger partial charge in [-0.1, -0.05) is 18.2 Å². The molecule has 0 fully saturated rings. The lowest BCUT2D eigenvalue weighted by molar-refractivity contribution is 0.0238. The summed E-state index contributed by atoms with van der Waals surface area (Å²) in [5, 5.41) is 4.24. The van der Waals surface area contributed by atoms with E-state index in [1.54, 1.807) is 23.1 Å². The molecule has 3 aromatic heterocycles. The molecule has 3 N–H and O–H groups in total. The number of methoxy groups -OCH3 is 1. The van der Waals surface area contributed by atoms with Crippen LogP contribution in [0.15, 0.2) is 30.3 Å². The molecule has 1 aliphatic rings. The monoisotopic (exact) mass is 549 g/mol. The zero-order chi connectivity index (χ0) is 28.6. The summed E-state index contributed by atoms with van der Waals surface area (Å²) in [6.07, 6.45) is -0.348. The van der Waals surface area contributed by atoms with Crippen LogP contribution >= 0.6 is 0 Å². The smallest absolute Gasteiger partial charge is 0.410 e. The number of anilines is 2. The fourth-order valence-electron chi connectivity index (χ4n) is 4.47. The van der Waals surface area contributed by atoms with E-state index in [9.17, 15) is 4.79 Å². The van der Waals surface area contributed by atoms with E-state index in [0.29, 0.717) is 43.0 Å². The Hall–Kier alpha value is -4.48. The first-order valence-corrected chi connectivity index (χ1v) is 13.0. The number of para-hydroxylation sites is 1. The number of carbonyl (C=O) groups is 1. The maximum atomic E-state index is 16.3. The number of nitrogens with one attached hydrogen (secondary N) is 1. The number of nitrogens with zero attached hydrogens (tertiary/aromatic N) is 5. The molecule has 1 unspecified atom stereocenters. The van der Waals surface area contributed by atoms with Gasteiger partial charge in [-0.25, -0.2) is 19.2 Å². The standard InChI is InChI=1S/C28H32FN7O4/c1-15-11-13-36(27(37)40-28(2,3)4)14-12-31-24-19-23(34-26(35-24)38-5)20(29)22(33-25(19)39-15)17-8-6-7-16-9-10-18(30)32-21(16)17/h6-10,15H,11-14H2,1-5H3,(H2,30,32)(H,31,34,35). The van der Waals surface area contributed by atoms with Gasteiger partial charge in [0.05, 0.1) is 18.7 Å². The van der Waals surface area contributed by atoms with Crippen LogP contribution in [0.25, 0.3) is 33.1 Å². The van der Waals surface area contributed by atoms with Crippen molar-refractivity contribution in [3.8, 4) is 23.1 Å². The van der Waals surface area contributed by atoms with Crippen molar-refractivity contribution in [2.75, 3.05) is 37.8 Å². The highest BCUT2D eigenvalue weighted by molar-refractivity contribution is 6.00. The Balaban J connectivity index is 1.65. The lowest BCUT2D eigenvalue weighted by atomic mass is 10.0. The molecule has 0 aliphatic carbocycles. The number of benzene rings is 1. The molecule has 4 heterocycles. The Morgan fingerprint density at radius 3 is 2.67 bits per heavy atom. The van der Waals surface area contributed by atoms with Gasteiger partial charge < -0.3 is 30.2 Å². The summed E-state index contributed by atoms with van der Waals surface area (Å²) in [5.41, 5.74) is 6.24. The van der Waals surface area contributed by atoms with Crippen LogP contribution in [0, 0.1) is 5.82 Å². The van der Waals surface area contributed by atoms with Gasteiger partial charge in [0.25, 0.3) is 0 Å². The number of hydrogen-bond acceptors (Lipinski definition) is 10. The van der Waals surface area contributed by atoms with E-state index in [-0.39, 0.29) is 34.3 Å². The zero-order valence-electron chi connectivity index (χ0n) is 23.1. The predicted octanol–water partition coefficient (Wildman–Crippen LogP) is 4.79.